The van der Waals surface area contributed by atoms with Gasteiger partial charge in [0.05, 0.1) is 0 Å². The van der Waals surface area contributed by atoms with Gasteiger partial charge in [-0.05, 0) is 31.9 Å². The van der Waals surface area contributed by atoms with Crippen molar-refractivity contribution in [2.24, 2.45) is 0 Å². The molecule has 1 aromatic heterocycles. The summed E-state index contributed by atoms with van der Waals surface area (Å²) in [7, 11) is 0. The first-order chi connectivity index (χ1) is 14.4. The van der Waals surface area contributed by atoms with E-state index in [1.807, 2.05) is 30.9 Å². The summed E-state index contributed by atoms with van der Waals surface area (Å²) in [4.78, 5) is 25.9. The largest absolute Gasteiger partial charge is 0.353 e. The van der Waals surface area contributed by atoms with Crippen molar-refractivity contribution in [2.75, 3.05) is 37.6 Å². The summed E-state index contributed by atoms with van der Waals surface area (Å²) in [5, 5.41) is 2.86. The van der Waals surface area contributed by atoms with Crippen molar-refractivity contribution >= 4 is 11.8 Å². The Bertz CT molecular complexity index is 880. The molecule has 2 aromatic rings. The van der Waals surface area contributed by atoms with Gasteiger partial charge in [-0.3, -0.25) is 0 Å². The summed E-state index contributed by atoms with van der Waals surface area (Å²) < 4.78 is 14.4. The summed E-state index contributed by atoms with van der Waals surface area (Å²) >= 11 is 0. The lowest BCUT2D eigenvalue weighted by Crippen LogP contribution is -2.52. The smallest absolute Gasteiger partial charge is 0.317 e. The number of benzene rings is 1. The average Bonchev–Trinajstić information content (AvgIpc) is 2.76. The highest BCUT2D eigenvalue weighted by molar-refractivity contribution is 5.74. The Morgan fingerprint density at radius 3 is 2.50 bits per heavy atom. The van der Waals surface area contributed by atoms with Crippen LogP contribution in [0.5, 0.6) is 0 Å². The minimum atomic E-state index is -0.213. The van der Waals surface area contributed by atoms with Crippen LogP contribution in [0.25, 0.3) is 0 Å². The van der Waals surface area contributed by atoms with Crippen molar-refractivity contribution in [3.63, 3.8) is 0 Å². The van der Waals surface area contributed by atoms with Crippen LogP contribution in [0.4, 0.5) is 15.0 Å². The van der Waals surface area contributed by atoms with Crippen LogP contribution in [0.15, 0.2) is 24.3 Å². The van der Waals surface area contributed by atoms with Crippen molar-refractivity contribution in [2.45, 2.75) is 46.5 Å². The zero-order chi connectivity index (χ0) is 21.7. The second-order valence-electron chi connectivity index (χ2n) is 7.86. The Balaban J connectivity index is 1.92. The van der Waals surface area contributed by atoms with Gasteiger partial charge in [-0.25, -0.2) is 19.2 Å². The predicted molar refractivity (Wildman–Crippen MR) is 118 cm³/mol. The molecule has 2 amide bonds. The van der Waals surface area contributed by atoms with Crippen LogP contribution in [0.2, 0.25) is 0 Å². The molecule has 0 aliphatic carbocycles. The molecule has 1 atom stereocenters. The highest BCUT2D eigenvalue weighted by Crippen LogP contribution is 2.28. The summed E-state index contributed by atoms with van der Waals surface area (Å²) in [6.07, 6.45) is 1.40. The number of amides is 2. The van der Waals surface area contributed by atoms with E-state index in [1.54, 1.807) is 6.07 Å². The standard InChI is InChI=1S/C23H32FN5O/c1-5-16(3)21-26-17(4)19(15-18-9-7-8-10-20(18)24)22(27-21)28-11-13-29(14-12-28)23(30)25-6-2/h7-10,16H,5-6,11-15H2,1-4H3,(H,25,30)/t16-/m0/s1. The SMILES string of the molecule is CCNC(=O)N1CCN(c2nc([C@@H](C)CC)nc(C)c2Cc2ccccc2F)CC1. The van der Waals surface area contributed by atoms with Gasteiger partial charge in [0, 0.05) is 56.3 Å². The van der Waals surface area contributed by atoms with Gasteiger partial charge in [-0.15, -0.1) is 0 Å². The van der Waals surface area contributed by atoms with Gasteiger partial charge >= 0.3 is 6.03 Å². The van der Waals surface area contributed by atoms with Gasteiger partial charge in [0.25, 0.3) is 0 Å². The summed E-state index contributed by atoms with van der Waals surface area (Å²) in [5.74, 6) is 1.74. The molecule has 1 N–H and O–H groups in total. The Morgan fingerprint density at radius 2 is 1.87 bits per heavy atom. The lowest BCUT2D eigenvalue weighted by atomic mass is 10.0. The Kier molecular flexibility index (Phi) is 7.24. The van der Waals surface area contributed by atoms with Crippen LogP contribution < -0.4 is 10.2 Å². The number of piperazine rings is 1. The monoisotopic (exact) mass is 413 g/mol. The number of rotatable bonds is 6. The highest BCUT2D eigenvalue weighted by Gasteiger charge is 2.25. The number of aromatic nitrogens is 2. The third kappa shape index (κ3) is 4.89. The zero-order valence-electron chi connectivity index (χ0n) is 18.4. The number of nitrogens with one attached hydrogen (secondary N) is 1. The summed E-state index contributed by atoms with van der Waals surface area (Å²) in [6, 6.07) is 6.84. The third-order valence-corrected chi connectivity index (χ3v) is 5.78. The molecular formula is C23H32FN5O. The molecule has 1 aliphatic rings. The lowest BCUT2D eigenvalue weighted by Gasteiger charge is -2.36. The van der Waals surface area contributed by atoms with Gasteiger partial charge in [0.1, 0.15) is 17.5 Å². The molecule has 162 valence electrons. The Morgan fingerprint density at radius 1 is 1.17 bits per heavy atom. The number of urea groups is 1. The second-order valence-corrected chi connectivity index (χ2v) is 7.86. The van der Waals surface area contributed by atoms with E-state index in [1.165, 1.54) is 6.07 Å². The molecule has 30 heavy (non-hydrogen) atoms. The number of aryl methyl sites for hydroxylation is 1. The number of nitrogens with zero attached hydrogens (tertiary/aromatic N) is 4. The molecule has 0 bridgehead atoms. The van der Waals surface area contributed by atoms with Crippen LogP contribution in [0.3, 0.4) is 0 Å². The average molecular weight is 414 g/mol. The third-order valence-electron chi connectivity index (χ3n) is 5.78. The molecule has 7 heteroatoms. The predicted octanol–water partition coefficient (Wildman–Crippen LogP) is 3.88. The van der Waals surface area contributed by atoms with E-state index in [4.69, 9.17) is 9.97 Å². The molecule has 6 nitrogen and oxygen atoms in total. The molecule has 1 aliphatic heterocycles. The molecule has 0 spiro atoms. The van der Waals surface area contributed by atoms with Gasteiger partial charge < -0.3 is 15.1 Å². The van der Waals surface area contributed by atoms with E-state index in [0.29, 0.717) is 44.7 Å². The lowest BCUT2D eigenvalue weighted by molar-refractivity contribution is 0.195. The minimum Gasteiger partial charge on any atom is -0.353 e. The summed E-state index contributed by atoms with van der Waals surface area (Å²) in [6.45, 7) is 11.4. The number of anilines is 1. The van der Waals surface area contributed by atoms with Crippen LogP contribution >= 0.6 is 0 Å². The fourth-order valence-corrected chi connectivity index (χ4v) is 3.69. The fourth-order valence-electron chi connectivity index (χ4n) is 3.69. The first kappa shape index (κ1) is 22.0. The van der Waals surface area contributed by atoms with E-state index in [-0.39, 0.29) is 17.8 Å². The van der Waals surface area contributed by atoms with Gasteiger partial charge in [0.2, 0.25) is 0 Å². The highest BCUT2D eigenvalue weighted by atomic mass is 19.1. The number of carbonyl (C=O) groups is 1. The topological polar surface area (TPSA) is 61.4 Å². The first-order valence-corrected chi connectivity index (χ1v) is 10.8. The van der Waals surface area contributed by atoms with E-state index in [9.17, 15) is 9.18 Å². The molecule has 3 rings (SSSR count). The van der Waals surface area contributed by atoms with Crippen molar-refractivity contribution < 1.29 is 9.18 Å². The molecule has 1 fully saturated rings. The Hall–Kier alpha value is -2.70. The number of hydrogen-bond acceptors (Lipinski definition) is 4. The zero-order valence-corrected chi connectivity index (χ0v) is 18.4. The van der Waals surface area contributed by atoms with E-state index in [2.05, 4.69) is 24.1 Å². The van der Waals surface area contributed by atoms with E-state index < -0.39 is 0 Å². The number of halogens is 1. The molecule has 0 radical (unpaired) electrons. The normalized spacial score (nSPS) is 15.2. The molecule has 1 saturated heterocycles. The minimum absolute atomic E-state index is 0.0251. The second kappa shape index (κ2) is 9.87. The van der Waals surface area contributed by atoms with Crippen molar-refractivity contribution in [1.82, 2.24) is 20.2 Å². The Labute approximate surface area is 178 Å². The summed E-state index contributed by atoms with van der Waals surface area (Å²) in [5.41, 5.74) is 2.49. The molecule has 1 aromatic carbocycles. The van der Waals surface area contributed by atoms with Gasteiger partial charge in [-0.2, -0.15) is 0 Å². The van der Waals surface area contributed by atoms with E-state index in [0.717, 1.165) is 29.3 Å². The van der Waals surface area contributed by atoms with Crippen LogP contribution in [0.1, 0.15) is 55.8 Å². The van der Waals surface area contributed by atoms with Crippen LogP contribution in [-0.4, -0.2) is 53.6 Å². The number of hydrogen-bond donors (Lipinski definition) is 1. The van der Waals surface area contributed by atoms with Crippen LogP contribution in [0, 0.1) is 12.7 Å². The molecule has 0 saturated carbocycles. The maximum Gasteiger partial charge on any atom is 0.317 e. The quantitative estimate of drug-likeness (QED) is 0.781. The maximum absolute atomic E-state index is 14.4. The maximum atomic E-state index is 14.4. The molecule has 0 unspecified atom stereocenters. The van der Waals surface area contributed by atoms with E-state index >= 15 is 0 Å². The van der Waals surface area contributed by atoms with Crippen molar-refractivity contribution in [3.8, 4) is 0 Å². The number of carbonyl (C=O) groups excluding carboxylic acids is 1. The van der Waals surface area contributed by atoms with Crippen molar-refractivity contribution in [3.05, 3.63) is 52.7 Å². The molecular weight excluding hydrogens is 381 g/mol. The van der Waals surface area contributed by atoms with Crippen LogP contribution in [-0.2, 0) is 6.42 Å². The van der Waals surface area contributed by atoms with Crippen molar-refractivity contribution in [1.29, 1.82) is 0 Å². The first-order valence-electron chi connectivity index (χ1n) is 10.8. The van der Waals surface area contributed by atoms with Gasteiger partial charge in [0.15, 0.2) is 0 Å². The van der Waals surface area contributed by atoms with Gasteiger partial charge in [-0.1, -0.05) is 32.0 Å². The molecule has 2 heterocycles. The fraction of sp³-hybridized carbons (Fsp3) is 0.522.